The van der Waals surface area contributed by atoms with Gasteiger partial charge >= 0.3 is 5.97 Å². The maximum absolute atomic E-state index is 12.1. The summed E-state index contributed by atoms with van der Waals surface area (Å²) in [4.78, 5) is 16.7. The van der Waals surface area contributed by atoms with Crippen LogP contribution >= 0.6 is 0 Å². The fourth-order valence-corrected chi connectivity index (χ4v) is 4.81. The van der Waals surface area contributed by atoms with Crippen molar-refractivity contribution in [3.63, 3.8) is 0 Å². The number of hydrogen-bond donors (Lipinski definition) is 0. The van der Waals surface area contributed by atoms with E-state index < -0.39 is 0 Å². The quantitative estimate of drug-likeness (QED) is 0.563. The van der Waals surface area contributed by atoms with Gasteiger partial charge in [0.1, 0.15) is 12.0 Å². The van der Waals surface area contributed by atoms with Crippen LogP contribution in [0.5, 0.6) is 0 Å². The van der Waals surface area contributed by atoms with Gasteiger partial charge in [0, 0.05) is 12.0 Å². The van der Waals surface area contributed by atoms with Crippen LogP contribution in [0.25, 0.3) is 11.5 Å². The van der Waals surface area contributed by atoms with Gasteiger partial charge in [-0.2, -0.15) is 0 Å². The Bertz CT molecular complexity index is 914. The summed E-state index contributed by atoms with van der Waals surface area (Å²) in [6.45, 7) is 2.62. The zero-order valence-corrected chi connectivity index (χ0v) is 17.6. The fourth-order valence-electron chi connectivity index (χ4n) is 4.81. The molecule has 0 amide bonds. The summed E-state index contributed by atoms with van der Waals surface area (Å²) in [5.74, 6) is 2.64. The third kappa shape index (κ3) is 4.35. The number of fused-ring (bicyclic) bond motifs is 1. The predicted molar refractivity (Wildman–Crippen MR) is 114 cm³/mol. The van der Waals surface area contributed by atoms with Crippen molar-refractivity contribution in [3.8, 4) is 11.5 Å². The van der Waals surface area contributed by atoms with Crippen molar-refractivity contribution in [1.29, 1.82) is 0 Å². The van der Waals surface area contributed by atoms with Gasteiger partial charge in [0.15, 0.2) is 0 Å². The average molecular weight is 408 g/mol. The molecule has 0 aliphatic heterocycles. The Morgan fingerprint density at radius 3 is 2.87 bits per heavy atom. The predicted octanol–water partition coefficient (Wildman–Crippen LogP) is 5.20. The van der Waals surface area contributed by atoms with Gasteiger partial charge in [-0.1, -0.05) is 31.2 Å². The lowest BCUT2D eigenvalue weighted by molar-refractivity contribution is -0.148. The lowest BCUT2D eigenvalue weighted by atomic mass is 9.78. The van der Waals surface area contributed by atoms with Crippen LogP contribution in [0, 0.1) is 23.7 Å². The number of ether oxygens (including phenoxy) is 2. The van der Waals surface area contributed by atoms with Gasteiger partial charge in [0.25, 0.3) is 0 Å². The van der Waals surface area contributed by atoms with Gasteiger partial charge in [0.2, 0.25) is 5.89 Å². The molecule has 4 atom stereocenters. The molecule has 0 bridgehead atoms. The summed E-state index contributed by atoms with van der Waals surface area (Å²) < 4.78 is 16.6. The summed E-state index contributed by atoms with van der Waals surface area (Å²) >= 11 is 0. The molecule has 1 fully saturated rings. The maximum Gasteiger partial charge on any atom is 0.308 e. The van der Waals surface area contributed by atoms with Crippen LogP contribution in [0.3, 0.4) is 0 Å². The summed E-state index contributed by atoms with van der Waals surface area (Å²) in [7, 11) is 1.48. The second-order valence-corrected chi connectivity index (χ2v) is 8.06. The topological polar surface area (TPSA) is 61.6 Å². The highest BCUT2D eigenvalue weighted by Gasteiger charge is 2.41. The average Bonchev–Trinajstić information content (AvgIpc) is 3.42. The molecule has 30 heavy (non-hydrogen) atoms. The van der Waals surface area contributed by atoms with Crippen LogP contribution in [0.15, 0.2) is 65.0 Å². The van der Waals surface area contributed by atoms with Crippen molar-refractivity contribution in [2.75, 3.05) is 13.7 Å². The van der Waals surface area contributed by atoms with Gasteiger partial charge in [-0.25, -0.2) is 4.98 Å². The lowest BCUT2D eigenvalue weighted by Gasteiger charge is -2.28. The van der Waals surface area contributed by atoms with E-state index in [-0.39, 0.29) is 11.9 Å². The molecule has 1 saturated carbocycles. The number of esters is 1. The molecule has 1 heterocycles. The molecule has 1 aromatic heterocycles. The van der Waals surface area contributed by atoms with E-state index in [0.717, 1.165) is 36.3 Å². The monoisotopic (exact) mass is 407 g/mol. The highest BCUT2D eigenvalue weighted by molar-refractivity contribution is 5.72. The first-order chi connectivity index (χ1) is 14.7. The van der Waals surface area contributed by atoms with E-state index in [2.05, 4.69) is 30.1 Å². The smallest absolute Gasteiger partial charge is 0.308 e. The molecule has 1 aromatic carbocycles. The number of carbonyl (C=O) groups is 1. The first-order valence-electron chi connectivity index (χ1n) is 10.8. The van der Waals surface area contributed by atoms with Gasteiger partial charge in [-0.05, 0) is 61.3 Å². The van der Waals surface area contributed by atoms with E-state index in [4.69, 9.17) is 13.9 Å². The van der Waals surface area contributed by atoms with Crippen LogP contribution in [0.1, 0.15) is 31.9 Å². The molecule has 2 aromatic rings. The van der Waals surface area contributed by atoms with Crippen molar-refractivity contribution in [1.82, 2.24) is 4.98 Å². The molecular formula is C25H29NO4. The summed E-state index contributed by atoms with van der Waals surface area (Å²) in [6.07, 6.45) is 11.9. The first kappa shape index (κ1) is 20.5. The molecule has 2 aliphatic rings. The molecule has 158 valence electrons. The summed E-state index contributed by atoms with van der Waals surface area (Å²) in [5, 5.41) is 0. The molecule has 5 nitrogen and oxygen atoms in total. The molecule has 0 saturated heterocycles. The zero-order valence-electron chi connectivity index (χ0n) is 17.6. The molecule has 0 N–H and O–H groups in total. The van der Waals surface area contributed by atoms with E-state index in [1.165, 1.54) is 7.11 Å². The van der Waals surface area contributed by atoms with E-state index in [0.29, 0.717) is 36.7 Å². The highest BCUT2D eigenvalue weighted by atomic mass is 16.5. The van der Waals surface area contributed by atoms with Crippen molar-refractivity contribution in [2.45, 2.75) is 32.6 Å². The van der Waals surface area contributed by atoms with Crippen molar-refractivity contribution in [2.24, 2.45) is 23.7 Å². The van der Waals surface area contributed by atoms with Crippen LogP contribution in [-0.4, -0.2) is 24.7 Å². The minimum absolute atomic E-state index is 0.0171. The van der Waals surface area contributed by atoms with Crippen molar-refractivity contribution < 1.29 is 18.7 Å². The number of aromatic nitrogens is 1. The molecular weight excluding hydrogens is 378 g/mol. The number of hydrogen-bond acceptors (Lipinski definition) is 5. The number of benzene rings is 1. The molecule has 5 heteroatoms. The van der Waals surface area contributed by atoms with E-state index in [1.807, 2.05) is 30.3 Å². The highest BCUT2D eigenvalue weighted by Crippen LogP contribution is 2.46. The number of oxazole rings is 1. The fraction of sp³-hybridized carbons (Fsp3) is 0.440. The number of carbonyl (C=O) groups excluding carboxylic acids is 1. The Kier molecular flexibility index (Phi) is 6.36. The third-order valence-corrected chi connectivity index (χ3v) is 6.34. The SMILES string of the molecule is CCC(C(=O)OC)C1CCC2C=C(OCCc3coc(-c4ccccc4)n3)C=CC21. The third-order valence-electron chi connectivity index (χ3n) is 6.34. The number of methoxy groups -OCH3 is 1. The van der Waals surface area contributed by atoms with Crippen LogP contribution in [0.4, 0.5) is 0 Å². The number of nitrogens with zero attached hydrogens (tertiary/aromatic N) is 1. The van der Waals surface area contributed by atoms with Crippen LogP contribution in [-0.2, 0) is 20.7 Å². The molecule has 4 unspecified atom stereocenters. The van der Waals surface area contributed by atoms with E-state index >= 15 is 0 Å². The van der Waals surface area contributed by atoms with Crippen LogP contribution < -0.4 is 0 Å². The van der Waals surface area contributed by atoms with Gasteiger partial charge in [-0.15, -0.1) is 0 Å². The van der Waals surface area contributed by atoms with Crippen molar-refractivity contribution >= 4 is 5.97 Å². The van der Waals surface area contributed by atoms with Gasteiger partial charge in [0.05, 0.1) is 25.3 Å². The number of allylic oxidation sites excluding steroid dienone is 3. The Morgan fingerprint density at radius 1 is 1.27 bits per heavy atom. The Hall–Kier alpha value is -2.82. The van der Waals surface area contributed by atoms with Crippen molar-refractivity contribution in [3.05, 3.63) is 66.3 Å². The van der Waals surface area contributed by atoms with E-state index in [9.17, 15) is 4.79 Å². The standard InChI is InChI=1S/C25H29NO4/c1-3-21(25(27)28-2)23-11-9-18-15-20(10-12-22(18)23)29-14-13-19-16-30-24(26-19)17-7-5-4-6-8-17/h4-8,10,12,15-16,18,21-23H,3,9,11,13-14H2,1-2H3. The molecule has 4 rings (SSSR count). The maximum atomic E-state index is 12.1. The first-order valence-corrected chi connectivity index (χ1v) is 10.8. The minimum Gasteiger partial charge on any atom is -0.494 e. The zero-order chi connectivity index (χ0) is 20.9. The summed E-state index contributed by atoms with van der Waals surface area (Å²) in [5.41, 5.74) is 1.86. The Balaban J connectivity index is 1.30. The molecule has 2 aliphatic carbocycles. The minimum atomic E-state index is -0.0786. The molecule has 0 spiro atoms. The number of rotatable bonds is 8. The second kappa shape index (κ2) is 9.33. The van der Waals surface area contributed by atoms with E-state index in [1.54, 1.807) is 6.26 Å². The largest absolute Gasteiger partial charge is 0.494 e. The molecule has 0 radical (unpaired) electrons. The van der Waals surface area contributed by atoms with Crippen LogP contribution in [0.2, 0.25) is 0 Å². The van der Waals surface area contributed by atoms with Gasteiger partial charge < -0.3 is 13.9 Å². The second-order valence-electron chi connectivity index (χ2n) is 8.06. The summed E-state index contributed by atoms with van der Waals surface area (Å²) in [6, 6.07) is 9.89. The normalized spacial score (nSPS) is 23.5. The lowest BCUT2D eigenvalue weighted by Crippen LogP contribution is -2.28. The Morgan fingerprint density at radius 2 is 2.10 bits per heavy atom. The van der Waals surface area contributed by atoms with Gasteiger partial charge in [-0.3, -0.25) is 4.79 Å². The Labute approximate surface area is 177 Å².